The minimum Gasteiger partial charge on any atom is -0.508 e. The second-order valence-corrected chi connectivity index (χ2v) is 7.28. The number of sulfonamides is 1. The fourth-order valence-corrected chi connectivity index (χ4v) is 3.17. The number of benzene rings is 2. The number of ether oxygens (including phenoxy) is 2. The number of aromatic hydroxyl groups is 1. The van der Waals surface area contributed by atoms with Crippen LogP contribution in [0.25, 0.3) is 0 Å². The van der Waals surface area contributed by atoms with Crippen molar-refractivity contribution in [3.05, 3.63) is 54.6 Å². The average molecular weight is 415 g/mol. The van der Waals surface area contributed by atoms with E-state index in [1.165, 1.54) is 56.7 Å². The molecule has 11 heteroatoms. The third-order valence-corrected chi connectivity index (χ3v) is 4.96. The average Bonchev–Trinajstić information content (AvgIpc) is 2.73. The van der Waals surface area contributed by atoms with E-state index in [0.29, 0.717) is 11.4 Å². The Morgan fingerprint density at radius 3 is 2.03 bits per heavy atom. The SMILES string of the molecule is COc1cc(NS(=O)(=O)c2ccc(N=Nc3ccc(O)cc3)cc2)nc(OC)n1. The number of aromatic nitrogens is 2. The van der Waals surface area contributed by atoms with Crippen LogP contribution in [0.5, 0.6) is 17.6 Å². The van der Waals surface area contributed by atoms with Gasteiger partial charge in [0.15, 0.2) is 5.82 Å². The molecule has 2 N–H and O–H groups in total. The Hall–Kier alpha value is -3.73. The molecule has 150 valence electrons. The number of nitrogens with one attached hydrogen (secondary N) is 1. The van der Waals surface area contributed by atoms with E-state index in [1.807, 2.05) is 0 Å². The van der Waals surface area contributed by atoms with Crippen molar-refractivity contribution in [1.29, 1.82) is 0 Å². The summed E-state index contributed by atoms with van der Waals surface area (Å²) in [6, 6.07) is 13.3. The van der Waals surface area contributed by atoms with Crippen molar-refractivity contribution in [3.63, 3.8) is 0 Å². The minimum absolute atomic E-state index is 0.00444. The second kappa shape index (κ2) is 8.52. The lowest BCUT2D eigenvalue weighted by molar-refractivity contribution is 0.353. The van der Waals surface area contributed by atoms with E-state index in [9.17, 15) is 13.5 Å². The summed E-state index contributed by atoms with van der Waals surface area (Å²) < 4.78 is 37.5. The Balaban J connectivity index is 1.77. The molecule has 0 aliphatic heterocycles. The molecule has 29 heavy (non-hydrogen) atoms. The molecule has 0 bridgehead atoms. The summed E-state index contributed by atoms with van der Waals surface area (Å²) in [7, 11) is -1.15. The van der Waals surface area contributed by atoms with Gasteiger partial charge in [0.2, 0.25) is 5.88 Å². The standard InChI is InChI=1S/C18H17N5O5S/c1-27-17-11-16(19-18(20-17)28-2)23-29(25,26)15-9-5-13(6-10-15)22-21-12-3-7-14(24)8-4-12/h3-11,24H,1-2H3,(H,19,20,23). The van der Waals surface area contributed by atoms with Gasteiger partial charge in [0.05, 0.1) is 30.5 Å². The van der Waals surface area contributed by atoms with Crippen LogP contribution in [0.2, 0.25) is 0 Å². The molecule has 3 rings (SSSR count). The summed E-state index contributed by atoms with van der Waals surface area (Å²) >= 11 is 0. The highest BCUT2D eigenvalue weighted by Gasteiger charge is 2.16. The molecule has 0 saturated heterocycles. The van der Waals surface area contributed by atoms with E-state index in [4.69, 9.17) is 9.47 Å². The zero-order valence-corrected chi connectivity index (χ0v) is 16.3. The van der Waals surface area contributed by atoms with Crippen molar-refractivity contribution in [2.75, 3.05) is 18.9 Å². The van der Waals surface area contributed by atoms with Gasteiger partial charge in [-0.3, -0.25) is 4.72 Å². The van der Waals surface area contributed by atoms with E-state index in [-0.39, 0.29) is 28.4 Å². The summed E-state index contributed by atoms with van der Waals surface area (Å²) in [5.41, 5.74) is 1.01. The lowest BCUT2D eigenvalue weighted by atomic mass is 10.3. The van der Waals surface area contributed by atoms with Crippen molar-refractivity contribution in [1.82, 2.24) is 9.97 Å². The van der Waals surface area contributed by atoms with Crippen LogP contribution in [0.1, 0.15) is 0 Å². The van der Waals surface area contributed by atoms with Crippen molar-refractivity contribution in [3.8, 4) is 17.6 Å². The number of phenolic OH excluding ortho intramolecular Hbond substituents is 1. The summed E-state index contributed by atoms with van der Waals surface area (Å²) in [5, 5.41) is 17.3. The van der Waals surface area contributed by atoms with Crippen LogP contribution in [-0.4, -0.2) is 37.7 Å². The minimum atomic E-state index is -3.90. The molecule has 0 saturated carbocycles. The molecule has 10 nitrogen and oxygen atoms in total. The summed E-state index contributed by atoms with van der Waals surface area (Å²) in [4.78, 5) is 7.86. The van der Waals surface area contributed by atoms with Crippen molar-refractivity contribution in [2.45, 2.75) is 4.90 Å². The number of methoxy groups -OCH3 is 2. The van der Waals surface area contributed by atoms with E-state index in [1.54, 1.807) is 12.1 Å². The normalized spacial score (nSPS) is 11.4. The molecular formula is C18H17N5O5S. The predicted molar refractivity (Wildman–Crippen MR) is 105 cm³/mol. The van der Waals surface area contributed by atoms with Crippen molar-refractivity contribution in [2.24, 2.45) is 10.2 Å². The predicted octanol–water partition coefficient (Wildman–Crippen LogP) is 3.42. The molecule has 0 spiro atoms. The Morgan fingerprint density at radius 2 is 1.48 bits per heavy atom. The first-order chi connectivity index (χ1) is 13.9. The van der Waals surface area contributed by atoms with Gasteiger partial charge in [0.25, 0.3) is 10.0 Å². The van der Waals surface area contributed by atoms with Crippen LogP contribution in [0, 0.1) is 0 Å². The lowest BCUT2D eigenvalue weighted by Gasteiger charge is -2.09. The van der Waals surface area contributed by atoms with Gasteiger partial charge in [-0.1, -0.05) is 0 Å². The van der Waals surface area contributed by atoms with Gasteiger partial charge in [0, 0.05) is 6.07 Å². The van der Waals surface area contributed by atoms with Gasteiger partial charge in [0.1, 0.15) is 5.75 Å². The molecule has 2 aromatic carbocycles. The van der Waals surface area contributed by atoms with Crippen LogP contribution < -0.4 is 14.2 Å². The first-order valence-corrected chi connectivity index (χ1v) is 9.68. The molecule has 1 aromatic heterocycles. The highest BCUT2D eigenvalue weighted by Crippen LogP contribution is 2.24. The van der Waals surface area contributed by atoms with E-state index in [2.05, 4.69) is 24.9 Å². The zero-order valence-electron chi connectivity index (χ0n) is 15.5. The Labute approximate surface area is 166 Å². The number of anilines is 1. The molecule has 0 unspecified atom stereocenters. The van der Waals surface area contributed by atoms with Gasteiger partial charge < -0.3 is 14.6 Å². The maximum Gasteiger partial charge on any atom is 0.321 e. The fraction of sp³-hybridized carbons (Fsp3) is 0.111. The van der Waals surface area contributed by atoms with Gasteiger partial charge in [-0.2, -0.15) is 20.2 Å². The second-order valence-electron chi connectivity index (χ2n) is 5.60. The van der Waals surface area contributed by atoms with Crippen LogP contribution in [0.15, 0.2) is 69.7 Å². The lowest BCUT2D eigenvalue weighted by Crippen LogP contribution is -2.14. The number of azo groups is 1. The molecule has 0 amide bonds. The van der Waals surface area contributed by atoms with Gasteiger partial charge in [-0.15, -0.1) is 0 Å². The molecule has 1 heterocycles. The summed E-state index contributed by atoms with van der Waals surface area (Å²) in [5.74, 6) is 0.286. The molecule has 0 atom stereocenters. The molecule has 0 radical (unpaired) electrons. The number of hydrogen-bond donors (Lipinski definition) is 2. The smallest absolute Gasteiger partial charge is 0.321 e. The zero-order chi connectivity index (χ0) is 20.9. The van der Waals surface area contributed by atoms with Gasteiger partial charge >= 0.3 is 6.01 Å². The number of phenols is 1. The van der Waals surface area contributed by atoms with E-state index >= 15 is 0 Å². The van der Waals surface area contributed by atoms with Crippen molar-refractivity contribution < 1.29 is 23.0 Å². The number of nitrogens with zero attached hydrogens (tertiary/aromatic N) is 4. The maximum atomic E-state index is 12.6. The molecule has 3 aromatic rings. The monoisotopic (exact) mass is 415 g/mol. The maximum absolute atomic E-state index is 12.6. The molecule has 0 aliphatic carbocycles. The first-order valence-electron chi connectivity index (χ1n) is 8.20. The third kappa shape index (κ3) is 5.17. The Bertz CT molecular complexity index is 1090. The third-order valence-electron chi connectivity index (χ3n) is 3.59. The van der Waals surface area contributed by atoms with Crippen LogP contribution in [-0.2, 0) is 10.0 Å². The molecular weight excluding hydrogens is 398 g/mol. The van der Waals surface area contributed by atoms with Crippen molar-refractivity contribution >= 4 is 27.2 Å². The van der Waals surface area contributed by atoms with Crippen LogP contribution in [0.4, 0.5) is 17.2 Å². The highest BCUT2D eigenvalue weighted by atomic mass is 32.2. The Morgan fingerprint density at radius 1 is 0.897 bits per heavy atom. The highest BCUT2D eigenvalue weighted by molar-refractivity contribution is 7.92. The quantitative estimate of drug-likeness (QED) is 0.564. The van der Waals surface area contributed by atoms with E-state index < -0.39 is 10.0 Å². The largest absolute Gasteiger partial charge is 0.508 e. The fourth-order valence-electron chi connectivity index (χ4n) is 2.18. The topological polar surface area (TPSA) is 135 Å². The summed E-state index contributed by atoms with van der Waals surface area (Å²) in [6.07, 6.45) is 0. The van der Waals surface area contributed by atoms with Crippen LogP contribution >= 0.6 is 0 Å². The van der Waals surface area contributed by atoms with Gasteiger partial charge in [-0.05, 0) is 48.5 Å². The first kappa shape index (κ1) is 20.0. The number of hydrogen-bond acceptors (Lipinski definition) is 9. The van der Waals surface area contributed by atoms with E-state index in [0.717, 1.165) is 0 Å². The van der Waals surface area contributed by atoms with Crippen LogP contribution in [0.3, 0.4) is 0 Å². The summed E-state index contributed by atoms with van der Waals surface area (Å²) in [6.45, 7) is 0. The number of rotatable bonds is 7. The Kier molecular flexibility index (Phi) is 5.88. The molecule has 0 fully saturated rings. The molecule has 0 aliphatic rings. The van der Waals surface area contributed by atoms with Gasteiger partial charge in [-0.25, -0.2) is 8.42 Å².